The van der Waals surface area contributed by atoms with Gasteiger partial charge in [0, 0.05) is 35.2 Å². The Kier molecular flexibility index (Phi) is 3.54. The first-order chi connectivity index (χ1) is 12.3. The number of halogens is 3. The Bertz CT molecular complexity index is 1140. The van der Waals surface area contributed by atoms with E-state index in [0.29, 0.717) is 11.1 Å². The van der Waals surface area contributed by atoms with E-state index in [1.54, 1.807) is 24.3 Å². The van der Waals surface area contributed by atoms with Gasteiger partial charge in [0.2, 0.25) is 0 Å². The fourth-order valence-corrected chi connectivity index (χ4v) is 3.15. The second-order valence-electron chi connectivity index (χ2n) is 6.05. The molecule has 2 heterocycles. The van der Waals surface area contributed by atoms with E-state index in [9.17, 15) is 18.0 Å². The number of hydrogen-bond acceptors (Lipinski definition) is 1. The molecule has 0 saturated carbocycles. The predicted molar refractivity (Wildman–Crippen MR) is 94.1 cm³/mol. The molecule has 26 heavy (non-hydrogen) atoms. The number of aromatic nitrogens is 2. The molecule has 0 atom stereocenters. The highest BCUT2D eigenvalue weighted by atomic mass is 19.4. The van der Waals surface area contributed by atoms with Gasteiger partial charge in [0.1, 0.15) is 5.69 Å². The maximum Gasteiger partial charge on any atom is 0.489 e. The number of aryl methyl sites for hydroxylation is 1. The molecule has 132 valence electrons. The van der Waals surface area contributed by atoms with Crippen LogP contribution >= 0.6 is 0 Å². The molecule has 1 amide bonds. The van der Waals surface area contributed by atoms with Crippen molar-refractivity contribution in [2.75, 3.05) is 5.32 Å². The number of carbonyl (C=O) groups excluding carboxylic acids is 1. The van der Waals surface area contributed by atoms with E-state index in [0.717, 1.165) is 10.9 Å². The second kappa shape index (κ2) is 5.66. The van der Waals surface area contributed by atoms with Crippen molar-refractivity contribution in [2.24, 2.45) is 7.05 Å². The second-order valence-corrected chi connectivity index (χ2v) is 6.05. The van der Waals surface area contributed by atoms with Gasteiger partial charge in [0.15, 0.2) is 0 Å². The molecule has 1 N–H and O–H groups in total. The highest BCUT2D eigenvalue weighted by Gasteiger charge is 2.36. The van der Waals surface area contributed by atoms with Gasteiger partial charge in [-0.1, -0.05) is 18.2 Å². The summed E-state index contributed by atoms with van der Waals surface area (Å²) in [6, 6.07) is 14.4. The third-order valence-corrected chi connectivity index (χ3v) is 4.34. The molecule has 0 radical (unpaired) electrons. The maximum atomic E-state index is 13.5. The Balaban J connectivity index is 1.75. The van der Waals surface area contributed by atoms with Gasteiger partial charge in [-0.15, -0.1) is 13.2 Å². The minimum atomic E-state index is -4.70. The first kappa shape index (κ1) is 16.3. The Morgan fingerprint density at radius 2 is 1.69 bits per heavy atom. The summed E-state index contributed by atoms with van der Waals surface area (Å²) in [6.45, 7) is 0. The topological polar surface area (TPSA) is 39.0 Å². The predicted octanol–water partition coefficient (Wildman–Crippen LogP) is 4.86. The summed E-state index contributed by atoms with van der Waals surface area (Å²) in [5.74, 6) is -0.811. The number of fused-ring (bicyclic) bond motifs is 2. The van der Waals surface area contributed by atoms with Crippen LogP contribution in [0.25, 0.3) is 21.8 Å². The van der Waals surface area contributed by atoms with Crippen LogP contribution in [0.3, 0.4) is 0 Å². The number of hydrogen-bond donors (Lipinski definition) is 1. The van der Waals surface area contributed by atoms with Crippen molar-refractivity contribution < 1.29 is 18.0 Å². The number of anilines is 1. The Morgan fingerprint density at radius 3 is 2.46 bits per heavy atom. The lowest BCUT2D eigenvalue weighted by molar-refractivity contribution is -0.201. The number of amides is 1. The molecule has 4 rings (SSSR count). The Labute approximate surface area is 146 Å². The SMILES string of the molecule is Cn1ccc2cc(NC(=O)c3cc4ccccc4n3C(F)(F)F)ccc21. The van der Waals surface area contributed by atoms with Gasteiger partial charge in [-0.25, -0.2) is 4.57 Å². The summed E-state index contributed by atoms with van der Waals surface area (Å²) in [4.78, 5) is 12.6. The van der Waals surface area contributed by atoms with E-state index >= 15 is 0 Å². The van der Waals surface area contributed by atoms with Gasteiger partial charge >= 0.3 is 6.30 Å². The Morgan fingerprint density at radius 1 is 0.962 bits per heavy atom. The number of nitrogens with zero attached hydrogens (tertiary/aromatic N) is 2. The summed E-state index contributed by atoms with van der Waals surface area (Å²) < 4.78 is 42.5. The molecule has 0 aliphatic carbocycles. The number of rotatable bonds is 2. The third-order valence-electron chi connectivity index (χ3n) is 4.34. The summed E-state index contributed by atoms with van der Waals surface area (Å²) in [7, 11) is 1.89. The van der Waals surface area contributed by atoms with Crippen molar-refractivity contribution in [3.05, 3.63) is 66.5 Å². The normalized spacial score (nSPS) is 12.0. The average Bonchev–Trinajstić information content (AvgIpc) is 3.15. The van der Waals surface area contributed by atoms with Crippen molar-refractivity contribution in [1.82, 2.24) is 9.13 Å². The van der Waals surface area contributed by atoms with Crippen LogP contribution in [0.2, 0.25) is 0 Å². The lowest BCUT2D eigenvalue weighted by atomic mass is 10.2. The highest BCUT2D eigenvalue weighted by molar-refractivity contribution is 6.07. The Hall–Kier alpha value is -3.22. The number of benzene rings is 2. The van der Waals surface area contributed by atoms with E-state index in [1.165, 1.54) is 18.2 Å². The molecular weight excluding hydrogens is 343 g/mol. The molecule has 0 bridgehead atoms. The van der Waals surface area contributed by atoms with Gasteiger partial charge in [0.05, 0.1) is 5.52 Å². The zero-order valence-corrected chi connectivity index (χ0v) is 13.7. The van der Waals surface area contributed by atoms with Crippen LogP contribution in [0.15, 0.2) is 60.8 Å². The van der Waals surface area contributed by atoms with Crippen LogP contribution in [0.5, 0.6) is 0 Å². The zero-order valence-electron chi connectivity index (χ0n) is 13.7. The van der Waals surface area contributed by atoms with Crippen molar-refractivity contribution in [2.45, 2.75) is 6.30 Å². The standard InChI is InChI=1S/C19H14F3N3O/c1-24-9-8-13-10-14(6-7-15(13)24)23-18(26)17-11-12-4-2-3-5-16(12)25(17)19(20,21)22/h2-11H,1H3,(H,23,26). The van der Waals surface area contributed by atoms with Gasteiger partial charge in [-0.05, 0) is 36.4 Å². The van der Waals surface area contributed by atoms with Crippen LogP contribution in [0, 0.1) is 0 Å². The third kappa shape index (κ3) is 2.61. The van der Waals surface area contributed by atoms with E-state index in [-0.39, 0.29) is 10.1 Å². The quantitative estimate of drug-likeness (QED) is 0.547. The lowest BCUT2D eigenvalue weighted by Gasteiger charge is -2.14. The molecular formula is C19H14F3N3O. The van der Waals surface area contributed by atoms with E-state index in [1.807, 2.05) is 29.9 Å². The monoisotopic (exact) mass is 357 g/mol. The van der Waals surface area contributed by atoms with Gasteiger partial charge < -0.3 is 9.88 Å². The summed E-state index contributed by atoms with van der Waals surface area (Å²) in [5.41, 5.74) is 0.899. The molecule has 4 aromatic rings. The molecule has 7 heteroatoms. The zero-order chi connectivity index (χ0) is 18.5. The van der Waals surface area contributed by atoms with Crippen LogP contribution in [0.1, 0.15) is 10.5 Å². The van der Waals surface area contributed by atoms with E-state index in [2.05, 4.69) is 5.32 Å². The molecule has 0 aliphatic rings. The van der Waals surface area contributed by atoms with Crippen molar-refractivity contribution in [3.63, 3.8) is 0 Å². The van der Waals surface area contributed by atoms with Gasteiger partial charge in [-0.3, -0.25) is 4.79 Å². The summed E-state index contributed by atoms with van der Waals surface area (Å²) in [5, 5.41) is 3.81. The van der Waals surface area contributed by atoms with Crippen LogP contribution in [-0.4, -0.2) is 15.0 Å². The largest absolute Gasteiger partial charge is 0.489 e. The molecule has 4 nitrogen and oxygen atoms in total. The van der Waals surface area contributed by atoms with E-state index < -0.39 is 17.9 Å². The molecule has 2 aromatic carbocycles. The molecule has 0 unspecified atom stereocenters. The minimum absolute atomic E-state index is 0.0522. The van der Waals surface area contributed by atoms with Crippen LogP contribution < -0.4 is 5.32 Å². The first-order valence-electron chi connectivity index (χ1n) is 7.89. The number of nitrogens with one attached hydrogen (secondary N) is 1. The summed E-state index contributed by atoms with van der Waals surface area (Å²) >= 11 is 0. The van der Waals surface area contributed by atoms with Gasteiger partial charge in [0.25, 0.3) is 5.91 Å². The molecule has 2 aromatic heterocycles. The number of carbonyl (C=O) groups is 1. The maximum absolute atomic E-state index is 13.5. The molecule has 0 saturated heterocycles. The number of alkyl halides is 3. The van der Waals surface area contributed by atoms with Crippen molar-refractivity contribution in [3.8, 4) is 0 Å². The fraction of sp³-hybridized carbons (Fsp3) is 0.105. The molecule has 0 fully saturated rings. The average molecular weight is 357 g/mol. The minimum Gasteiger partial charge on any atom is -0.351 e. The molecule has 0 aliphatic heterocycles. The van der Waals surface area contributed by atoms with Crippen molar-refractivity contribution >= 4 is 33.4 Å². The van der Waals surface area contributed by atoms with E-state index in [4.69, 9.17) is 0 Å². The smallest absolute Gasteiger partial charge is 0.351 e. The summed E-state index contributed by atoms with van der Waals surface area (Å²) in [6.07, 6.45) is -2.82. The van der Waals surface area contributed by atoms with Gasteiger partial charge in [-0.2, -0.15) is 0 Å². The fourth-order valence-electron chi connectivity index (χ4n) is 3.15. The first-order valence-corrected chi connectivity index (χ1v) is 7.89. The number of para-hydroxylation sites is 1. The van der Waals surface area contributed by atoms with Crippen molar-refractivity contribution in [1.29, 1.82) is 0 Å². The molecule has 0 spiro atoms. The van der Waals surface area contributed by atoms with Crippen LogP contribution in [0.4, 0.5) is 18.9 Å². The highest BCUT2D eigenvalue weighted by Crippen LogP contribution is 2.32. The lowest BCUT2D eigenvalue weighted by Crippen LogP contribution is -2.24. The van der Waals surface area contributed by atoms with Crippen LogP contribution in [-0.2, 0) is 13.3 Å².